The van der Waals surface area contributed by atoms with Crippen molar-refractivity contribution in [3.05, 3.63) is 28.9 Å². The maximum Gasteiger partial charge on any atom is 0.165 e. The lowest BCUT2D eigenvalue weighted by molar-refractivity contribution is 0.375. The lowest BCUT2D eigenvalue weighted by Crippen LogP contribution is -2.27. The zero-order chi connectivity index (χ0) is 19.1. The Morgan fingerprint density at radius 3 is 2.11 bits per heavy atom. The molecule has 0 saturated carbocycles. The first-order valence-electron chi connectivity index (χ1n) is 8.73. The van der Waals surface area contributed by atoms with Crippen LogP contribution in [0.3, 0.4) is 0 Å². The first-order valence-corrected chi connectivity index (χ1v) is 8.73. The van der Waals surface area contributed by atoms with Gasteiger partial charge in [0.2, 0.25) is 0 Å². The summed E-state index contributed by atoms with van der Waals surface area (Å²) in [7, 11) is 2.02. The van der Waals surface area contributed by atoms with Crippen LogP contribution in [-0.2, 0) is 0 Å². The van der Waals surface area contributed by atoms with Crippen molar-refractivity contribution in [1.82, 2.24) is 4.90 Å². The van der Waals surface area contributed by atoms with Crippen molar-refractivity contribution in [2.75, 3.05) is 37.3 Å². The summed E-state index contributed by atoms with van der Waals surface area (Å²) in [6.45, 7) is 1.58. The molecule has 0 amide bonds. The van der Waals surface area contributed by atoms with E-state index in [1.165, 1.54) is 0 Å². The third-order valence-electron chi connectivity index (χ3n) is 5.59. The standard InChI is InChI=1S/C19H20N6O2/c1-25-5-4-19(7-25)23-11-6-10(22)14-15(16(11)24-19)18(27)13-9(21)3-2-8(20)12(13)17(14)26/h2-3,6,26-27H,4-5,7,20-22H2,1H3. The van der Waals surface area contributed by atoms with Crippen LogP contribution in [0.15, 0.2) is 28.2 Å². The van der Waals surface area contributed by atoms with Crippen LogP contribution < -0.4 is 27.9 Å². The third kappa shape index (κ3) is 1.95. The molecule has 8 heteroatoms. The van der Waals surface area contributed by atoms with Crippen molar-refractivity contribution >= 4 is 38.6 Å². The zero-order valence-corrected chi connectivity index (χ0v) is 14.8. The number of phenolic OH excluding ortho intramolecular Hbond substituents is 2. The van der Waals surface area contributed by atoms with Crippen LogP contribution in [0.2, 0.25) is 0 Å². The lowest BCUT2D eigenvalue weighted by atomic mass is 9.96. The molecule has 3 aromatic rings. The van der Waals surface area contributed by atoms with E-state index in [1.54, 1.807) is 18.2 Å². The van der Waals surface area contributed by atoms with Gasteiger partial charge < -0.3 is 32.3 Å². The van der Waals surface area contributed by atoms with Gasteiger partial charge >= 0.3 is 0 Å². The predicted molar refractivity (Wildman–Crippen MR) is 105 cm³/mol. The van der Waals surface area contributed by atoms with Gasteiger partial charge in [-0.05, 0) is 25.2 Å². The number of nitrogen functional groups attached to an aromatic ring is 3. The number of nitrogens with two attached hydrogens (primary N) is 3. The largest absolute Gasteiger partial charge is 0.506 e. The molecule has 2 aliphatic rings. The van der Waals surface area contributed by atoms with E-state index in [2.05, 4.69) is 4.90 Å². The molecule has 138 valence electrons. The Balaban J connectivity index is 2.02. The van der Waals surface area contributed by atoms with Gasteiger partial charge in [-0.15, -0.1) is 0 Å². The van der Waals surface area contributed by atoms with Gasteiger partial charge in [0, 0.05) is 36.6 Å². The summed E-state index contributed by atoms with van der Waals surface area (Å²) in [5.74, 6) is -0.198. The monoisotopic (exact) mass is 364 g/mol. The highest BCUT2D eigenvalue weighted by Gasteiger charge is 2.38. The molecule has 0 bridgehead atoms. The molecule has 0 aromatic heterocycles. The van der Waals surface area contributed by atoms with E-state index in [1.807, 2.05) is 7.05 Å². The van der Waals surface area contributed by atoms with Crippen LogP contribution in [0.1, 0.15) is 6.42 Å². The molecule has 1 unspecified atom stereocenters. The molecule has 5 rings (SSSR count). The summed E-state index contributed by atoms with van der Waals surface area (Å²) >= 11 is 0. The molecule has 1 fully saturated rings. The van der Waals surface area contributed by atoms with Gasteiger partial charge in [-0.3, -0.25) is 9.98 Å². The molecule has 2 heterocycles. The van der Waals surface area contributed by atoms with Crippen molar-refractivity contribution in [2.24, 2.45) is 9.98 Å². The van der Waals surface area contributed by atoms with Crippen molar-refractivity contribution in [3.63, 3.8) is 0 Å². The van der Waals surface area contributed by atoms with Gasteiger partial charge in [0.05, 0.1) is 32.3 Å². The molecular formula is C19H20N6O2. The fourth-order valence-electron chi connectivity index (χ4n) is 4.36. The predicted octanol–water partition coefficient (Wildman–Crippen LogP) is 0.435. The second-order valence-electron chi connectivity index (χ2n) is 7.47. The molecular weight excluding hydrogens is 344 g/mol. The summed E-state index contributed by atoms with van der Waals surface area (Å²) in [6, 6.07) is 4.89. The third-order valence-corrected chi connectivity index (χ3v) is 5.59. The number of hydrogen-bond donors (Lipinski definition) is 5. The van der Waals surface area contributed by atoms with E-state index in [0.29, 0.717) is 50.5 Å². The molecule has 8 nitrogen and oxygen atoms in total. The summed E-state index contributed by atoms with van der Waals surface area (Å²) < 4.78 is 0. The normalized spacial score (nSPS) is 21.7. The first kappa shape index (κ1) is 16.0. The number of likely N-dealkylation sites (N-methyl/N-ethyl adjacent to an activating group) is 1. The second kappa shape index (κ2) is 4.92. The van der Waals surface area contributed by atoms with Crippen molar-refractivity contribution < 1.29 is 10.2 Å². The van der Waals surface area contributed by atoms with Gasteiger partial charge in [-0.1, -0.05) is 0 Å². The van der Waals surface area contributed by atoms with Crippen molar-refractivity contribution in [2.45, 2.75) is 12.1 Å². The van der Waals surface area contributed by atoms with E-state index in [-0.39, 0.29) is 16.9 Å². The number of benzene rings is 3. The fourth-order valence-corrected chi connectivity index (χ4v) is 4.36. The Bertz CT molecular complexity index is 1290. The Morgan fingerprint density at radius 1 is 0.926 bits per heavy atom. The molecule has 2 aliphatic heterocycles. The molecule has 3 aromatic carbocycles. The number of anilines is 3. The Kier molecular flexibility index (Phi) is 2.91. The van der Waals surface area contributed by atoms with E-state index >= 15 is 0 Å². The number of rotatable bonds is 0. The number of aromatic hydroxyl groups is 2. The van der Waals surface area contributed by atoms with E-state index in [9.17, 15) is 10.2 Å². The summed E-state index contributed by atoms with van der Waals surface area (Å²) in [5, 5.41) is 24.5. The minimum Gasteiger partial charge on any atom is -0.506 e. The smallest absolute Gasteiger partial charge is 0.165 e. The number of hydrogen-bond acceptors (Lipinski definition) is 8. The summed E-state index contributed by atoms with van der Waals surface area (Å²) in [6.07, 6.45) is 0.787. The highest BCUT2D eigenvalue weighted by atomic mass is 16.3. The van der Waals surface area contributed by atoms with Crippen LogP contribution in [0.4, 0.5) is 17.1 Å². The summed E-state index contributed by atoms with van der Waals surface area (Å²) in [4.78, 5) is 11.8. The average molecular weight is 364 g/mol. The van der Waals surface area contributed by atoms with Crippen molar-refractivity contribution in [1.29, 1.82) is 0 Å². The minimum absolute atomic E-state index is 0.0894. The molecule has 8 N–H and O–H groups in total. The SMILES string of the molecule is CN1CCC2(C1)N=c1cc(N)c3c(O)c4c(N)ccc(N)c4c(O)c3c1=N2. The lowest BCUT2D eigenvalue weighted by Gasteiger charge is -2.15. The van der Waals surface area contributed by atoms with Gasteiger partial charge in [0.25, 0.3) is 0 Å². The van der Waals surface area contributed by atoms with Crippen LogP contribution in [0, 0.1) is 0 Å². The highest BCUT2D eigenvalue weighted by Crippen LogP contribution is 2.46. The van der Waals surface area contributed by atoms with Crippen LogP contribution in [0.5, 0.6) is 11.5 Å². The van der Waals surface area contributed by atoms with Gasteiger partial charge in [-0.25, -0.2) is 0 Å². The number of phenols is 2. The van der Waals surface area contributed by atoms with Gasteiger partial charge in [0.15, 0.2) is 5.66 Å². The Morgan fingerprint density at radius 2 is 1.52 bits per heavy atom. The molecule has 1 saturated heterocycles. The second-order valence-corrected chi connectivity index (χ2v) is 7.47. The summed E-state index contributed by atoms with van der Waals surface area (Å²) in [5.41, 5.74) is 18.7. The Labute approximate surface area is 154 Å². The highest BCUT2D eigenvalue weighted by molar-refractivity contribution is 6.20. The maximum absolute atomic E-state index is 11.1. The minimum atomic E-state index is -0.573. The Hall–Kier alpha value is -3.26. The van der Waals surface area contributed by atoms with Crippen molar-refractivity contribution in [3.8, 4) is 11.5 Å². The topological polar surface area (TPSA) is 146 Å². The van der Waals surface area contributed by atoms with E-state index in [4.69, 9.17) is 27.2 Å². The molecule has 1 atom stereocenters. The maximum atomic E-state index is 11.1. The first-order chi connectivity index (χ1) is 12.8. The molecule has 0 radical (unpaired) electrons. The van der Waals surface area contributed by atoms with Crippen LogP contribution >= 0.6 is 0 Å². The van der Waals surface area contributed by atoms with E-state index < -0.39 is 5.66 Å². The molecule has 27 heavy (non-hydrogen) atoms. The average Bonchev–Trinajstić information content (AvgIpc) is 3.15. The number of likely N-dealkylation sites (tertiary alicyclic amines) is 1. The van der Waals surface area contributed by atoms with Crippen LogP contribution in [-0.4, -0.2) is 40.9 Å². The number of fused-ring (bicyclic) bond motifs is 4. The van der Waals surface area contributed by atoms with E-state index in [0.717, 1.165) is 13.0 Å². The zero-order valence-electron chi connectivity index (χ0n) is 14.8. The quantitative estimate of drug-likeness (QED) is 0.222. The molecule has 0 aliphatic carbocycles. The van der Waals surface area contributed by atoms with Crippen LogP contribution in [0.25, 0.3) is 21.5 Å². The van der Waals surface area contributed by atoms with Gasteiger partial charge in [-0.2, -0.15) is 0 Å². The number of nitrogens with zero attached hydrogens (tertiary/aromatic N) is 3. The van der Waals surface area contributed by atoms with Gasteiger partial charge in [0.1, 0.15) is 11.5 Å². The fraction of sp³-hybridized carbons (Fsp3) is 0.263. The molecule has 1 spiro atoms.